The van der Waals surface area contributed by atoms with Crippen molar-refractivity contribution in [3.05, 3.63) is 95.6 Å². The van der Waals surface area contributed by atoms with Crippen LogP contribution in [0.2, 0.25) is 0 Å². The molecular formula is C30H39O2PS2. The Bertz CT molecular complexity index is 1050. The molecule has 3 aromatic carbocycles. The summed E-state index contributed by atoms with van der Waals surface area (Å²) in [5, 5.41) is 0.141. The third-order valence-corrected chi connectivity index (χ3v) is 10.4. The molecule has 0 aliphatic rings. The SMILES string of the molecule is CC(SP(=S)(Oc1ccc(CC(C)(C)C)cc1)Oc1ccc(CC(C)(C)C)cc1)c1ccccc1. The number of benzene rings is 3. The summed E-state index contributed by atoms with van der Waals surface area (Å²) in [7, 11) is 0. The predicted octanol–water partition coefficient (Wildman–Crippen LogP) is 10.0. The summed E-state index contributed by atoms with van der Waals surface area (Å²) >= 11 is 7.71. The van der Waals surface area contributed by atoms with E-state index in [0.717, 1.165) is 24.3 Å². The van der Waals surface area contributed by atoms with Crippen LogP contribution in [0.25, 0.3) is 0 Å². The highest BCUT2D eigenvalue weighted by molar-refractivity contribution is 8.68. The molecule has 2 nitrogen and oxygen atoms in total. The third-order valence-electron chi connectivity index (χ3n) is 5.31. The van der Waals surface area contributed by atoms with E-state index in [4.69, 9.17) is 20.9 Å². The lowest BCUT2D eigenvalue weighted by Gasteiger charge is -2.26. The van der Waals surface area contributed by atoms with Gasteiger partial charge in [-0.15, -0.1) is 0 Å². The lowest BCUT2D eigenvalue weighted by Crippen LogP contribution is -2.09. The van der Waals surface area contributed by atoms with Crippen LogP contribution >= 0.6 is 17.1 Å². The second kappa shape index (κ2) is 11.5. The van der Waals surface area contributed by atoms with Crippen molar-refractivity contribution in [2.24, 2.45) is 10.8 Å². The molecule has 0 spiro atoms. The summed E-state index contributed by atoms with van der Waals surface area (Å²) in [6.07, 6.45) is 2.03. The highest BCUT2D eigenvalue weighted by Crippen LogP contribution is 2.64. The Morgan fingerprint density at radius 1 is 0.686 bits per heavy atom. The summed E-state index contributed by atoms with van der Waals surface area (Å²) in [5.74, 6) is 1.51. The fourth-order valence-electron chi connectivity index (χ4n) is 3.86. The molecule has 1 unspecified atom stereocenters. The zero-order valence-electron chi connectivity index (χ0n) is 22.1. The van der Waals surface area contributed by atoms with E-state index in [0.29, 0.717) is 0 Å². The molecule has 35 heavy (non-hydrogen) atoms. The Labute approximate surface area is 221 Å². The Balaban J connectivity index is 1.82. The van der Waals surface area contributed by atoms with Crippen LogP contribution in [0.4, 0.5) is 0 Å². The molecule has 0 bridgehead atoms. The topological polar surface area (TPSA) is 18.5 Å². The van der Waals surface area contributed by atoms with Gasteiger partial charge in [0.05, 0.1) is 0 Å². The fraction of sp³-hybridized carbons (Fsp3) is 0.400. The first kappa shape index (κ1) is 27.8. The minimum Gasteiger partial charge on any atom is -0.428 e. The van der Waals surface area contributed by atoms with Crippen LogP contribution < -0.4 is 9.05 Å². The van der Waals surface area contributed by atoms with Crippen molar-refractivity contribution in [1.29, 1.82) is 0 Å². The Hall–Kier alpha value is -1.74. The summed E-state index contributed by atoms with van der Waals surface area (Å²) in [6, 6.07) is 27.0. The molecule has 0 amide bonds. The molecule has 0 heterocycles. The van der Waals surface area contributed by atoms with Crippen LogP contribution in [0.5, 0.6) is 11.5 Å². The molecule has 3 aromatic rings. The summed E-state index contributed by atoms with van der Waals surface area (Å²) < 4.78 is 12.9. The van der Waals surface area contributed by atoms with E-state index in [2.05, 4.69) is 97.0 Å². The van der Waals surface area contributed by atoms with E-state index in [-0.39, 0.29) is 16.1 Å². The van der Waals surface area contributed by atoms with Crippen LogP contribution in [0.3, 0.4) is 0 Å². The van der Waals surface area contributed by atoms with E-state index < -0.39 is 5.69 Å². The molecule has 3 rings (SSSR count). The average molecular weight is 527 g/mol. The van der Waals surface area contributed by atoms with E-state index in [1.165, 1.54) is 16.7 Å². The van der Waals surface area contributed by atoms with E-state index >= 15 is 0 Å². The molecule has 0 N–H and O–H groups in total. The molecule has 0 radical (unpaired) electrons. The highest BCUT2D eigenvalue weighted by atomic mass is 32.9. The molecular weight excluding hydrogens is 487 g/mol. The molecule has 0 aliphatic carbocycles. The quantitative estimate of drug-likeness (QED) is 0.258. The van der Waals surface area contributed by atoms with Crippen LogP contribution in [0, 0.1) is 10.8 Å². The normalized spacial score (nSPS) is 13.3. The van der Waals surface area contributed by atoms with Gasteiger partial charge in [-0.2, -0.15) is 0 Å². The molecule has 0 saturated heterocycles. The maximum absolute atomic E-state index is 6.46. The van der Waals surface area contributed by atoms with Crippen LogP contribution in [-0.4, -0.2) is 0 Å². The predicted molar refractivity (Wildman–Crippen MR) is 157 cm³/mol. The summed E-state index contributed by atoms with van der Waals surface area (Å²) in [6.45, 7) is 15.7. The Morgan fingerprint density at radius 3 is 1.46 bits per heavy atom. The maximum Gasteiger partial charge on any atom is 0.349 e. The molecule has 0 aliphatic heterocycles. The van der Waals surface area contributed by atoms with Crippen LogP contribution in [0.1, 0.15) is 70.4 Å². The van der Waals surface area contributed by atoms with Crippen LogP contribution in [-0.2, 0) is 24.6 Å². The lowest BCUT2D eigenvalue weighted by molar-refractivity contribution is 0.411. The van der Waals surface area contributed by atoms with Crippen molar-refractivity contribution in [2.75, 3.05) is 0 Å². The second-order valence-electron chi connectivity index (χ2n) is 11.6. The standard InChI is InChI=1S/C30H39O2PS2/c1-23(26-11-9-8-10-12-26)35-33(34,31-27-17-13-24(14-18-27)21-29(2,3)4)32-28-19-15-25(16-20-28)22-30(5,6)7/h8-20,23H,21-22H2,1-7H3. The van der Waals surface area contributed by atoms with Crippen molar-refractivity contribution < 1.29 is 9.05 Å². The van der Waals surface area contributed by atoms with Gasteiger partial charge in [-0.25, -0.2) is 0 Å². The molecule has 5 heteroatoms. The minimum atomic E-state index is -2.75. The third kappa shape index (κ3) is 9.67. The van der Waals surface area contributed by atoms with Gasteiger partial charge in [0, 0.05) is 5.25 Å². The first-order chi connectivity index (χ1) is 16.3. The molecule has 1 atom stereocenters. The van der Waals surface area contributed by atoms with Gasteiger partial charge >= 0.3 is 5.69 Å². The van der Waals surface area contributed by atoms with Gasteiger partial charge in [-0.3, -0.25) is 0 Å². The Kier molecular flexibility index (Phi) is 9.18. The van der Waals surface area contributed by atoms with E-state index in [9.17, 15) is 0 Å². The van der Waals surface area contributed by atoms with Crippen molar-refractivity contribution in [1.82, 2.24) is 0 Å². The van der Waals surface area contributed by atoms with Gasteiger partial charge in [-0.05, 0) is 94.7 Å². The van der Waals surface area contributed by atoms with Crippen molar-refractivity contribution in [3.63, 3.8) is 0 Å². The molecule has 188 valence electrons. The molecule has 0 fully saturated rings. The smallest absolute Gasteiger partial charge is 0.349 e. The van der Waals surface area contributed by atoms with Gasteiger partial charge in [0.15, 0.2) is 0 Å². The number of hydrogen-bond acceptors (Lipinski definition) is 4. The van der Waals surface area contributed by atoms with E-state index in [1.807, 2.05) is 30.3 Å². The zero-order valence-corrected chi connectivity index (χ0v) is 24.6. The largest absolute Gasteiger partial charge is 0.428 e. The Morgan fingerprint density at radius 2 is 1.09 bits per heavy atom. The number of rotatable bonds is 9. The van der Waals surface area contributed by atoms with Crippen molar-refractivity contribution in [2.45, 2.75) is 66.6 Å². The van der Waals surface area contributed by atoms with Crippen molar-refractivity contribution in [3.8, 4) is 11.5 Å². The van der Waals surface area contributed by atoms with Gasteiger partial charge in [0.25, 0.3) is 0 Å². The number of hydrogen-bond donors (Lipinski definition) is 0. The average Bonchev–Trinajstić information content (AvgIpc) is 2.75. The monoisotopic (exact) mass is 526 g/mol. The van der Waals surface area contributed by atoms with Gasteiger partial charge < -0.3 is 9.05 Å². The maximum atomic E-state index is 6.46. The van der Waals surface area contributed by atoms with Gasteiger partial charge in [-0.1, -0.05) is 96.1 Å². The van der Waals surface area contributed by atoms with Gasteiger partial charge in [0.2, 0.25) is 0 Å². The van der Waals surface area contributed by atoms with Crippen LogP contribution in [0.15, 0.2) is 78.9 Å². The zero-order chi connectivity index (χ0) is 25.7. The lowest BCUT2D eigenvalue weighted by atomic mass is 9.88. The van der Waals surface area contributed by atoms with E-state index in [1.54, 1.807) is 11.4 Å². The van der Waals surface area contributed by atoms with Gasteiger partial charge in [0.1, 0.15) is 11.5 Å². The molecule has 0 aromatic heterocycles. The fourth-order valence-corrected chi connectivity index (χ4v) is 9.39. The second-order valence-corrected chi connectivity index (χ2v) is 17.9. The first-order valence-electron chi connectivity index (χ1n) is 12.2. The molecule has 0 saturated carbocycles. The first-order valence-corrected chi connectivity index (χ1v) is 16.3. The summed E-state index contributed by atoms with van der Waals surface area (Å²) in [4.78, 5) is 0. The minimum absolute atomic E-state index is 0.141. The highest BCUT2D eigenvalue weighted by Gasteiger charge is 2.28. The summed E-state index contributed by atoms with van der Waals surface area (Å²) in [5.41, 5.74) is 1.52. The van der Waals surface area contributed by atoms with Crippen molar-refractivity contribution >= 4 is 28.9 Å².